The number of aliphatic carboxylic acids is 1. The fourth-order valence-corrected chi connectivity index (χ4v) is 2.87. The van der Waals surface area contributed by atoms with Gasteiger partial charge >= 0.3 is 12.1 Å². The van der Waals surface area contributed by atoms with Crippen molar-refractivity contribution < 1.29 is 19.4 Å². The average Bonchev–Trinajstić information content (AvgIpc) is 2.90. The largest absolute Gasteiger partial charge is 0.480 e. The lowest BCUT2D eigenvalue weighted by atomic mass is 9.95. The highest BCUT2D eigenvalue weighted by molar-refractivity contribution is 5.81. The monoisotopic (exact) mass is 291 g/mol. The topological polar surface area (TPSA) is 66.8 Å². The Labute approximate surface area is 124 Å². The van der Waals surface area contributed by atoms with Gasteiger partial charge in [-0.2, -0.15) is 0 Å². The van der Waals surface area contributed by atoms with Gasteiger partial charge in [0.05, 0.1) is 0 Å². The second-order valence-corrected chi connectivity index (χ2v) is 5.35. The zero-order valence-corrected chi connectivity index (χ0v) is 12.2. The summed E-state index contributed by atoms with van der Waals surface area (Å²) in [4.78, 5) is 24.9. The van der Waals surface area contributed by atoms with E-state index in [0.29, 0.717) is 6.54 Å². The van der Waals surface area contributed by atoms with Crippen molar-refractivity contribution in [2.24, 2.45) is 5.92 Å². The molecule has 1 aliphatic heterocycles. The molecule has 21 heavy (non-hydrogen) atoms. The molecular formula is C16H21NO4. The first-order valence-corrected chi connectivity index (χ1v) is 7.33. The minimum atomic E-state index is -0.942. The Kier molecular flexibility index (Phi) is 5.20. The predicted octanol–water partition coefficient (Wildman–Crippen LogP) is 2.90. The number of amides is 1. The molecular weight excluding hydrogens is 270 g/mol. The van der Waals surface area contributed by atoms with Gasteiger partial charge in [-0.25, -0.2) is 9.59 Å². The molecule has 0 saturated carbocycles. The Bertz CT molecular complexity index is 488. The van der Waals surface area contributed by atoms with Gasteiger partial charge in [-0.05, 0) is 24.3 Å². The molecule has 1 aromatic rings. The molecule has 1 heterocycles. The lowest BCUT2D eigenvalue weighted by molar-refractivity contribution is -0.143. The zero-order chi connectivity index (χ0) is 15.2. The first-order valence-electron chi connectivity index (χ1n) is 7.33. The van der Waals surface area contributed by atoms with Crippen LogP contribution in [0.4, 0.5) is 4.79 Å². The fourth-order valence-electron chi connectivity index (χ4n) is 2.87. The average molecular weight is 291 g/mol. The number of carboxylic acids is 1. The van der Waals surface area contributed by atoms with Crippen LogP contribution in [-0.2, 0) is 16.1 Å². The number of nitrogens with zero attached hydrogens (tertiary/aromatic N) is 1. The maximum Gasteiger partial charge on any atom is 0.410 e. The Morgan fingerprint density at radius 1 is 1.33 bits per heavy atom. The van der Waals surface area contributed by atoms with Crippen LogP contribution in [0.25, 0.3) is 0 Å². The highest BCUT2D eigenvalue weighted by atomic mass is 16.6. The zero-order valence-electron chi connectivity index (χ0n) is 12.2. The van der Waals surface area contributed by atoms with Crippen LogP contribution in [0.1, 0.15) is 31.7 Å². The maximum atomic E-state index is 12.1. The molecule has 2 atom stereocenters. The summed E-state index contributed by atoms with van der Waals surface area (Å²) in [5.74, 6) is -0.917. The Morgan fingerprint density at radius 3 is 2.67 bits per heavy atom. The Morgan fingerprint density at radius 2 is 2.05 bits per heavy atom. The minimum absolute atomic E-state index is 0.0248. The van der Waals surface area contributed by atoms with E-state index >= 15 is 0 Å². The van der Waals surface area contributed by atoms with Crippen LogP contribution < -0.4 is 0 Å². The van der Waals surface area contributed by atoms with Crippen molar-refractivity contribution in [2.75, 3.05) is 6.54 Å². The molecule has 114 valence electrons. The van der Waals surface area contributed by atoms with Gasteiger partial charge in [0.2, 0.25) is 0 Å². The van der Waals surface area contributed by atoms with Crippen molar-refractivity contribution in [3.63, 3.8) is 0 Å². The van der Waals surface area contributed by atoms with Gasteiger partial charge in [0.25, 0.3) is 0 Å². The molecule has 0 aromatic heterocycles. The summed E-state index contributed by atoms with van der Waals surface area (Å²) in [6.07, 6.45) is 1.93. The highest BCUT2D eigenvalue weighted by Gasteiger charge is 2.42. The quantitative estimate of drug-likeness (QED) is 0.905. The molecule has 0 aliphatic carbocycles. The van der Waals surface area contributed by atoms with E-state index in [-0.39, 0.29) is 12.5 Å². The summed E-state index contributed by atoms with van der Waals surface area (Å²) in [7, 11) is 0. The number of rotatable bonds is 5. The van der Waals surface area contributed by atoms with Gasteiger partial charge < -0.3 is 9.84 Å². The summed E-state index contributed by atoms with van der Waals surface area (Å²) in [5.41, 5.74) is 0.891. The van der Waals surface area contributed by atoms with E-state index in [1.807, 2.05) is 37.3 Å². The normalized spacial score (nSPS) is 21.3. The van der Waals surface area contributed by atoms with Gasteiger partial charge in [-0.15, -0.1) is 0 Å². The summed E-state index contributed by atoms with van der Waals surface area (Å²) in [6, 6.07) is 8.61. The molecule has 1 saturated heterocycles. The van der Waals surface area contributed by atoms with E-state index < -0.39 is 18.1 Å². The van der Waals surface area contributed by atoms with E-state index in [1.54, 1.807) is 0 Å². The molecule has 1 N–H and O–H groups in total. The van der Waals surface area contributed by atoms with Crippen molar-refractivity contribution >= 4 is 12.1 Å². The lowest BCUT2D eigenvalue weighted by Crippen LogP contribution is -2.43. The molecule has 2 rings (SSSR count). The number of hydrogen-bond donors (Lipinski definition) is 1. The molecule has 1 aliphatic rings. The van der Waals surface area contributed by atoms with E-state index in [2.05, 4.69) is 0 Å². The van der Waals surface area contributed by atoms with Gasteiger partial charge in [0.1, 0.15) is 12.6 Å². The molecule has 1 aromatic carbocycles. The van der Waals surface area contributed by atoms with Gasteiger partial charge in [0.15, 0.2) is 0 Å². The standard InChI is InChI=1S/C16H21NO4/c1-2-6-13-9-10-17(14(13)15(18)19)16(20)21-11-12-7-4-3-5-8-12/h3-5,7-8,13-14H,2,6,9-11H2,1H3,(H,18,19). The van der Waals surface area contributed by atoms with Crippen LogP contribution in [0.3, 0.4) is 0 Å². The molecule has 1 fully saturated rings. The van der Waals surface area contributed by atoms with E-state index in [1.165, 1.54) is 4.90 Å². The van der Waals surface area contributed by atoms with Gasteiger partial charge in [-0.1, -0.05) is 43.7 Å². The number of carbonyl (C=O) groups excluding carboxylic acids is 1. The maximum absolute atomic E-state index is 12.1. The van der Waals surface area contributed by atoms with E-state index in [4.69, 9.17) is 4.74 Å². The minimum Gasteiger partial charge on any atom is -0.480 e. The SMILES string of the molecule is CCCC1CCN(C(=O)OCc2ccccc2)C1C(=O)O. The number of benzene rings is 1. The molecule has 2 unspecified atom stereocenters. The first kappa shape index (κ1) is 15.4. The fraction of sp³-hybridized carbons (Fsp3) is 0.500. The van der Waals surface area contributed by atoms with Gasteiger partial charge in [0, 0.05) is 6.54 Å². The lowest BCUT2D eigenvalue weighted by Gasteiger charge is -2.24. The number of carboxylic acid groups (broad SMARTS) is 1. The summed E-state index contributed by atoms with van der Waals surface area (Å²) >= 11 is 0. The summed E-state index contributed by atoms with van der Waals surface area (Å²) in [6.45, 7) is 2.64. The van der Waals surface area contributed by atoms with E-state index in [9.17, 15) is 14.7 Å². The van der Waals surface area contributed by atoms with E-state index in [0.717, 1.165) is 24.8 Å². The molecule has 0 bridgehead atoms. The molecule has 0 spiro atoms. The van der Waals surface area contributed by atoms with Crippen LogP contribution in [0.5, 0.6) is 0 Å². The van der Waals surface area contributed by atoms with Crippen LogP contribution in [-0.4, -0.2) is 34.7 Å². The molecule has 0 radical (unpaired) electrons. The van der Waals surface area contributed by atoms with Crippen molar-refractivity contribution in [2.45, 2.75) is 38.8 Å². The number of hydrogen-bond acceptors (Lipinski definition) is 3. The summed E-state index contributed by atoms with van der Waals surface area (Å²) < 4.78 is 5.24. The molecule has 1 amide bonds. The van der Waals surface area contributed by atoms with Crippen molar-refractivity contribution in [3.05, 3.63) is 35.9 Å². The number of ether oxygens (including phenoxy) is 1. The van der Waals surface area contributed by atoms with Gasteiger partial charge in [-0.3, -0.25) is 4.90 Å². The molecule has 5 nitrogen and oxygen atoms in total. The second kappa shape index (κ2) is 7.11. The van der Waals surface area contributed by atoms with Crippen LogP contribution in [0.2, 0.25) is 0 Å². The van der Waals surface area contributed by atoms with Crippen LogP contribution in [0, 0.1) is 5.92 Å². The van der Waals surface area contributed by atoms with Crippen molar-refractivity contribution in [1.82, 2.24) is 4.90 Å². The summed E-state index contributed by atoms with van der Waals surface area (Å²) in [5, 5.41) is 9.37. The molecule has 5 heteroatoms. The Hall–Kier alpha value is -2.04. The number of carbonyl (C=O) groups is 2. The highest BCUT2D eigenvalue weighted by Crippen LogP contribution is 2.29. The third-order valence-electron chi connectivity index (χ3n) is 3.88. The third-order valence-corrected chi connectivity index (χ3v) is 3.88. The third kappa shape index (κ3) is 3.74. The first-order chi connectivity index (χ1) is 10.1. The van der Waals surface area contributed by atoms with Crippen LogP contribution >= 0.6 is 0 Å². The number of likely N-dealkylation sites (tertiary alicyclic amines) is 1. The van der Waals surface area contributed by atoms with Crippen LogP contribution in [0.15, 0.2) is 30.3 Å². The predicted molar refractivity (Wildman–Crippen MR) is 77.8 cm³/mol. The Balaban J connectivity index is 1.96. The van der Waals surface area contributed by atoms with Crippen molar-refractivity contribution in [3.8, 4) is 0 Å². The van der Waals surface area contributed by atoms with Crippen molar-refractivity contribution in [1.29, 1.82) is 0 Å². The smallest absolute Gasteiger partial charge is 0.410 e. The second-order valence-electron chi connectivity index (χ2n) is 5.35.